The number of ether oxygens (including phenoxy) is 1. The number of fused-ring (bicyclic) bond motifs is 1. The zero-order valence-electron chi connectivity index (χ0n) is 13.5. The number of nitrogens with zero attached hydrogens (tertiary/aromatic N) is 1. The number of nitrogens with one attached hydrogen (secondary N) is 1. The van der Waals surface area contributed by atoms with Gasteiger partial charge in [-0.3, -0.25) is 9.10 Å². The molecule has 1 aromatic carbocycles. The summed E-state index contributed by atoms with van der Waals surface area (Å²) in [6.07, 6.45) is 2.39. The molecule has 1 aromatic rings. The van der Waals surface area contributed by atoms with E-state index in [4.69, 9.17) is 4.74 Å². The van der Waals surface area contributed by atoms with Gasteiger partial charge in [-0.2, -0.15) is 0 Å². The molecule has 1 amide bonds. The van der Waals surface area contributed by atoms with E-state index in [-0.39, 0.29) is 18.1 Å². The SMILES string of the molecule is COCCCNC(=O)CCS(=O)(=O)N1CCCc2ccccc21. The Labute approximate surface area is 137 Å². The first kappa shape index (κ1) is 17.7. The van der Waals surface area contributed by atoms with Gasteiger partial charge in [-0.25, -0.2) is 8.42 Å². The van der Waals surface area contributed by atoms with Crippen LogP contribution in [-0.4, -0.2) is 46.9 Å². The van der Waals surface area contributed by atoms with Gasteiger partial charge >= 0.3 is 0 Å². The maximum absolute atomic E-state index is 12.6. The third-order valence-corrected chi connectivity index (χ3v) is 5.61. The highest BCUT2D eigenvalue weighted by molar-refractivity contribution is 7.92. The van der Waals surface area contributed by atoms with Crippen molar-refractivity contribution in [1.82, 2.24) is 5.32 Å². The minimum atomic E-state index is -3.48. The molecular formula is C16H24N2O4S. The van der Waals surface area contributed by atoms with E-state index in [1.54, 1.807) is 7.11 Å². The topological polar surface area (TPSA) is 75.7 Å². The van der Waals surface area contributed by atoms with E-state index >= 15 is 0 Å². The quantitative estimate of drug-likeness (QED) is 0.724. The second kappa shape index (κ2) is 8.31. The number of hydrogen-bond donors (Lipinski definition) is 1. The molecule has 7 heteroatoms. The lowest BCUT2D eigenvalue weighted by Gasteiger charge is -2.30. The van der Waals surface area contributed by atoms with Crippen LogP contribution in [-0.2, 0) is 26.0 Å². The van der Waals surface area contributed by atoms with Crippen LogP contribution in [0.3, 0.4) is 0 Å². The third-order valence-electron chi connectivity index (χ3n) is 3.84. The number of anilines is 1. The molecule has 1 N–H and O–H groups in total. The molecule has 1 heterocycles. The number of carbonyl (C=O) groups excluding carboxylic acids is 1. The van der Waals surface area contributed by atoms with Gasteiger partial charge in [0.25, 0.3) is 0 Å². The lowest BCUT2D eigenvalue weighted by molar-refractivity contribution is -0.120. The second-order valence-electron chi connectivity index (χ2n) is 5.57. The van der Waals surface area contributed by atoms with Crippen molar-refractivity contribution in [2.24, 2.45) is 0 Å². The van der Waals surface area contributed by atoms with Gasteiger partial charge in [0.1, 0.15) is 0 Å². The largest absolute Gasteiger partial charge is 0.385 e. The fraction of sp³-hybridized carbons (Fsp3) is 0.562. The summed E-state index contributed by atoms with van der Waals surface area (Å²) in [6, 6.07) is 7.55. The van der Waals surface area contributed by atoms with Gasteiger partial charge in [-0.1, -0.05) is 18.2 Å². The predicted octanol–water partition coefficient (Wildman–Crippen LogP) is 1.31. The highest BCUT2D eigenvalue weighted by atomic mass is 32.2. The summed E-state index contributed by atoms with van der Waals surface area (Å²) in [5, 5.41) is 2.71. The zero-order chi connectivity index (χ0) is 16.7. The summed E-state index contributed by atoms with van der Waals surface area (Å²) >= 11 is 0. The van der Waals surface area contributed by atoms with Crippen LogP contribution in [0.5, 0.6) is 0 Å². The van der Waals surface area contributed by atoms with E-state index in [0.29, 0.717) is 26.1 Å². The Morgan fingerprint density at radius 2 is 2.13 bits per heavy atom. The number of benzene rings is 1. The molecule has 128 valence electrons. The molecule has 0 spiro atoms. The molecule has 6 nitrogen and oxygen atoms in total. The molecule has 1 aliphatic rings. The Morgan fingerprint density at radius 3 is 2.91 bits per heavy atom. The second-order valence-corrected chi connectivity index (χ2v) is 7.58. The monoisotopic (exact) mass is 340 g/mol. The molecule has 0 saturated heterocycles. The van der Waals surface area contributed by atoms with E-state index < -0.39 is 10.0 Å². The van der Waals surface area contributed by atoms with E-state index in [2.05, 4.69) is 5.32 Å². The number of aryl methyl sites for hydroxylation is 1. The summed E-state index contributed by atoms with van der Waals surface area (Å²) < 4.78 is 31.5. The van der Waals surface area contributed by atoms with E-state index in [9.17, 15) is 13.2 Å². The van der Waals surface area contributed by atoms with Crippen molar-refractivity contribution in [3.05, 3.63) is 29.8 Å². The van der Waals surface area contributed by atoms with E-state index in [0.717, 1.165) is 24.1 Å². The number of carbonyl (C=O) groups is 1. The number of para-hydroxylation sites is 1. The minimum absolute atomic E-state index is 0.0199. The number of rotatable bonds is 8. The number of amides is 1. The summed E-state index contributed by atoms with van der Waals surface area (Å²) in [5.74, 6) is -0.410. The lowest BCUT2D eigenvalue weighted by Crippen LogP contribution is -2.38. The van der Waals surface area contributed by atoms with Gasteiger partial charge in [-0.15, -0.1) is 0 Å². The van der Waals surface area contributed by atoms with Crippen molar-refractivity contribution in [2.75, 3.05) is 36.9 Å². The van der Waals surface area contributed by atoms with Gasteiger partial charge in [0.15, 0.2) is 0 Å². The van der Waals surface area contributed by atoms with Crippen LogP contribution in [0.1, 0.15) is 24.8 Å². The van der Waals surface area contributed by atoms with Crippen molar-refractivity contribution >= 4 is 21.6 Å². The van der Waals surface area contributed by atoms with Crippen molar-refractivity contribution in [1.29, 1.82) is 0 Å². The normalized spacial score (nSPS) is 14.4. The average Bonchev–Trinajstić information content (AvgIpc) is 2.56. The van der Waals surface area contributed by atoms with Crippen molar-refractivity contribution in [3.63, 3.8) is 0 Å². The van der Waals surface area contributed by atoms with Gasteiger partial charge in [-0.05, 0) is 30.9 Å². The summed E-state index contributed by atoms with van der Waals surface area (Å²) in [7, 11) is -1.88. The average molecular weight is 340 g/mol. The molecule has 0 radical (unpaired) electrons. The number of hydrogen-bond acceptors (Lipinski definition) is 4. The molecule has 0 bridgehead atoms. The van der Waals surface area contributed by atoms with Crippen molar-refractivity contribution in [3.8, 4) is 0 Å². The molecule has 0 unspecified atom stereocenters. The van der Waals surface area contributed by atoms with Crippen LogP contribution in [0.2, 0.25) is 0 Å². The molecule has 0 aromatic heterocycles. The fourth-order valence-corrected chi connectivity index (χ4v) is 4.20. The number of methoxy groups -OCH3 is 1. The zero-order valence-corrected chi connectivity index (χ0v) is 14.3. The highest BCUT2D eigenvalue weighted by Gasteiger charge is 2.27. The Bertz CT molecular complexity index is 631. The lowest BCUT2D eigenvalue weighted by atomic mass is 10.0. The van der Waals surface area contributed by atoms with Crippen LogP contribution in [0.25, 0.3) is 0 Å². The third kappa shape index (κ3) is 4.94. The van der Waals surface area contributed by atoms with Crippen LogP contribution in [0.4, 0.5) is 5.69 Å². The first-order valence-electron chi connectivity index (χ1n) is 7.88. The number of sulfonamides is 1. The molecule has 0 fully saturated rings. The first-order chi connectivity index (χ1) is 11.0. The van der Waals surface area contributed by atoms with Gasteiger partial charge in [0, 0.05) is 33.2 Å². The van der Waals surface area contributed by atoms with Crippen LogP contribution in [0, 0.1) is 0 Å². The van der Waals surface area contributed by atoms with Crippen molar-refractivity contribution in [2.45, 2.75) is 25.7 Å². The molecule has 23 heavy (non-hydrogen) atoms. The Morgan fingerprint density at radius 1 is 1.35 bits per heavy atom. The summed E-state index contributed by atoms with van der Waals surface area (Å²) in [4.78, 5) is 11.7. The van der Waals surface area contributed by atoms with Crippen LogP contribution in [0.15, 0.2) is 24.3 Å². The Balaban J connectivity index is 1.91. The highest BCUT2D eigenvalue weighted by Crippen LogP contribution is 2.29. The maximum atomic E-state index is 12.6. The van der Waals surface area contributed by atoms with Crippen LogP contribution < -0.4 is 9.62 Å². The summed E-state index contributed by atoms with van der Waals surface area (Å²) in [5.41, 5.74) is 1.80. The molecular weight excluding hydrogens is 316 g/mol. The Hall–Kier alpha value is -1.60. The van der Waals surface area contributed by atoms with Crippen molar-refractivity contribution < 1.29 is 17.9 Å². The molecule has 0 aliphatic carbocycles. The molecule has 1 aliphatic heterocycles. The molecule has 0 saturated carbocycles. The fourth-order valence-electron chi connectivity index (χ4n) is 2.65. The standard InChI is InChI=1S/C16H24N2O4S/c1-22-12-5-10-17-16(19)9-13-23(20,21)18-11-4-7-14-6-2-3-8-15(14)18/h2-3,6,8H,4-5,7,9-13H2,1H3,(H,17,19). The van der Waals surface area contributed by atoms with Crippen LogP contribution >= 0.6 is 0 Å². The Kier molecular flexibility index (Phi) is 6.41. The van der Waals surface area contributed by atoms with E-state index in [1.807, 2.05) is 24.3 Å². The smallest absolute Gasteiger partial charge is 0.235 e. The predicted molar refractivity (Wildman–Crippen MR) is 90.0 cm³/mol. The maximum Gasteiger partial charge on any atom is 0.235 e. The van der Waals surface area contributed by atoms with Gasteiger partial charge in [0.05, 0.1) is 11.4 Å². The van der Waals surface area contributed by atoms with E-state index in [1.165, 1.54) is 4.31 Å². The minimum Gasteiger partial charge on any atom is -0.385 e. The summed E-state index contributed by atoms with van der Waals surface area (Å²) in [6.45, 7) is 1.55. The van der Waals surface area contributed by atoms with Gasteiger partial charge in [0.2, 0.25) is 15.9 Å². The molecule has 2 rings (SSSR count). The first-order valence-corrected chi connectivity index (χ1v) is 9.49. The molecule has 0 atom stereocenters. The van der Waals surface area contributed by atoms with Gasteiger partial charge < -0.3 is 10.1 Å².